The van der Waals surface area contributed by atoms with Gasteiger partial charge in [-0.05, 0) is 19.3 Å². The molecular weight excluding hydrogens is 307 g/mol. The maximum atomic E-state index is 9.60. The molecule has 0 aromatic carbocycles. The van der Waals surface area contributed by atoms with Gasteiger partial charge in [-0.25, -0.2) is 0 Å². The van der Waals surface area contributed by atoms with E-state index < -0.39 is 17.9 Å². The van der Waals surface area contributed by atoms with E-state index in [1.54, 1.807) is 0 Å². The Morgan fingerprint density at radius 3 is 0.800 bits per heavy atom. The summed E-state index contributed by atoms with van der Waals surface area (Å²) >= 11 is 1.06. The minimum atomic E-state index is -0.711. The molecule has 0 fully saturated rings. The van der Waals surface area contributed by atoms with Crippen LogP contribution in [0.4, 0.5) is 0 Å². The van der Waals surface area contributed by atoms with Crippen LogP contribution in [0.3, 0.4) is 0 Å². The summed E-state index contributed by atoms with van der Waals surface area (Å²) in [6.45, 7) is 5.52. The predicted molar refractivity (Wildman–Crippen MR) is 68.3 cm³/mol. The van der Waals surface area contributed by atoms with E-state index in [1.165, 1.54) is 0 Å². The third kappa shape index (κ3) is 69.0. The predicted octanol–water partition coefficient (Wildman–Crippen LogP) is 2.49. The van der Waals surface area contributed by atoms with Crippen molar-refractivity contribution in [2.45, 2.75) is 59.3 Å². The van der Waals surface area contributed by atoms with Crippen LogP contribution in [0.25, 0.3) is 0 Å². The summed E-state index contributed by atoms with van der Waals surface area (Å²) in [5.74, 6) is -2.13. The molecule has 0 spiro atoms. The third-order valence-corrected chi connectivity index (χ3v) is 1.39. The van der Waals surface area contributed by atoms with Crippen molar-refractivity contribution < 1.29 is 50.7 Å². The number of hydrogen-bond donors (Lipinski definition) is 3. The number of carboxylic acids is 3. The van der Waals surface area contributed by atoms with Gasteiger partial charge in [0.1, 0.15) is 0 Å². The van der Waals surface area contributed by atoms with Crippen LogP contribution in [0.5, 0.6) is 0 Å². The molecule has 0 aliphatic rings. The Labute approximate surface area is 128 Å². The molecule has 8 heteroatoms. The second kappa shape index (κ2) is 26.4. The van der Waals surface area contributed by atoms with E-state index in [0.717, 1.165) is 36.6 Å². The van der Waals surface area contributed by atoms with Crippen molar-refractivity contribution in [1.29, 1.82) is 0 Å². The van der Waals surface area contributed by atoms with Crippen LogP contribution in [0.2, 0.25) is 0 Å². The van der Waals surface area contributed by atoms with Gasteiger partial charge >= 0.3 is 39.0 Å². The molecule has 0 radical (unpaired) electrons. The van der Waals surface area contributed by atoms with Gasteiger partial charge in [0.2, 0.25) is 0 Å². The zero-order valence-electron chi connectivity index (χ0n) is 12.2. The fraction of sp³-hybridized carbons (Fsp3) is 0.750. The van der Waals surface area contributed by atoms with E-state index in [2.05, 4.69) is 0 Å². The molecule has 0 rings (SSSR count). The molecule has 0 saturated carbocycles. The molecule has 0 amide bonds. The van der Waals surface area contributed by atoms with Crippen LogP contribution in [-0.2, 0) is 35.4 Å². The molecule has 0 unspecified atom stereocenters. The van der Waals surface area contributed by atoms with Crippen LogP contribution in [0.15, 0.2) is 0 Å². The van der Waals surface area contributed by atoms with Crippen LogP contribution >= 0.6 is 0 Å². The molecular formula is C12H24O7V. The number of carbonyl (C=O) groups is 3. The summed E-state index contributed by atoms with van der Waals surface area (Å²) in [7, 11) is 0. The fourth-order valence-corrected chi connectivity index (χ4v) is 0.642. The second-order valence-electron chi connectivity index (χ2n) is 3.43. The third-order valence-electron chi connectivity index (χ3n) is 1.39. The van der Waals surface area contributed by atoms with Gasteiger partial charge < -0.3 is 15.3 Å². The standard InChI is InChI=1S/3C4H8O2.O.V/c3*1-2-3-4(5)6;;/h3*2-3H2,1H3,(H,5,6);;. The molecule has 0 aromatic rings. The normalized spacial score (nSPS) is 7.50. The first-order valence-corrected chi connectivity index (χ1v) is 6.72. The first-order chi connectivity index (χ1) is 9.31. The van der Waals surface area contributed by atoms with E-state index >= 15 is 0 Å². The van der Waals surface area contributed by atoms with Crippen LogP contribution in [0, 0.1) is 0 Å². The molecule has 3 N–H and O–H groups in total. The number of aliphatic carboxylic acids is 3. The summed E-state index contributed by atoms with van der Waals surface area (Å²) in [5, 5.41) is 23.7. The van der Waals surface area contributed by atoms with Crippen LogP contribution in [-0.4, -0.2) is 33.2 Å². The van der Waals surface area contributed by atoms with Crippen molar-refractivity contribution in [3.05, 3.63) is 0 Å². The Balaban J connectivity index is -0.0000000902. The Kier molecular flexibility index (Phi) is 35.9. The number of rotatable bonds is 6. The Bertz CT molecular complexity index is 206. The monoisotopic (exact) mass is 331 g/mol. The van der Waals surface area contributed by atoms with Crippen molar-refractivity contribution in [1.82, 2.24) is 0 Å². The second-order valence-corrected chi connectivity index (χ2v) is 3.43. The molecule has 0 aliphatic heterocycles. The van der Waals surface area contributed by atoms with E-state index in [4.69, 9.17) is 19.0 Å². The first kappa shape index (κ1) is 27.2. The van der Waals surface area contributed by atoms with E-state index in [1.807, 2.05) is 20.8 Å². The van der Waals surface area contributed by atoms with Gasteiger partial charge in [0.15, 0.2) is 0 Å². The summed E-state index contributed by atoms with van der Waals surface area (Å²) in [6, 6.07) is 0. The fourth-order valence-electron chi connectivity index (χ4n) is 0.642. The maximum absolute atomic E-state index is 9.60. The SMILES string of the molecule is CCCC(=O)O.CCCC(=O)O.CCCC(=O)O.[O]=[V]. The number of hydrogen-bond acceptors (Lipinski definition) is 4. The summed E-state index contributed by atoms with van der Waals surface area (Å²) in [4.78, 5) is 28.8. The van der Waals surface area contributed by atoms with Crippen molar-refractivity contribution in [2.75, 3.05) is 0 Å². The Hall–Kier alpha value is -1.21. The molecule has 0 bridgehead atoms. The summed E-state index contributed by atoms with van der Waals surface area (Å²) < 4.78 is 8.19. The Morgan fingerprint density at radius 2 is 0.800 bits per heavy atom. The average molecular weight is 331 g/mol. The first-order valence-electron chi connectivity index (χ1n) is 6.15. The molecule has 0 atom stereocenters. The van der Waals surface area contributed by atoms with Gasteiger partial charge in [-0.3, -0.25) is 14.4 Å². The average Bonchev–Trinajstić information content (AvgIpc) is 2.32. The minimum absolute atomic E-state index is 0.292. The van der Waals surface area contributed by atoms with Crippen molar-refractivity contribution >= 4 is 17.9 Å². The van der Waals surface area contributed by atoms with Crippen molar-refractivity contribution in [3.8, 4) is 0 Å². The summed E-state index contributed by atoms with van der Waals surface area (Å²) in [5.41, 5.74) is 0. The molecule has 0 saturated heterocycles. The zero-order chi connectivity index (χ0) is 17.0. The van der Waals surface area contributed by atoms with E-state index in [-0.39, 0.29) is 0 Å². The van der Waals surface area contributed by atoms with Gasteiger partial charge in [0, 0.05) is 19.3 Å². The van der Waals surface area contributed by atoms with E-state index in [9.17, 15) is 14.4 Å². The topological polar surface area (TPSA) is 129 Å². The van der Waals surface area contributed by atoms with Gasteiger partial charge in [0.25, 0.3) is 0 Å². The number of carboxylic acid groups (broad SMARTS) is 3. The molecule has 119 valence electrons. The molecule has 20 heavy (non-hydrogen) atoms. The quantitative estimate of drug-likeness (QED) is 0.682. The van der Waals surface area contributed by atoms with E-state index in [0.29, 0.717) is 19.3 Å². The van der Waals surface area contributed by atoms with Gasteiger partial charge in [-0.1, -0.05) is 20.8 Å². The van der Waals surface area contributed by atoms with Gasteiger partial charge in [0.05, 0.1) is 0 Å². The molecule has 0 aliphatic carbocycles. The molecule has 0 heterocycles. The van der Waals surface area contributed by atoms with Crippen molar-refractivity contribution in [2.24, 2.45) is 0 Å². The van der Waals surface area contributed by atoms with Crippen LogP contribution < -0.4 is 0 Å². The van der Waals surface area contributed by atoms with Crippen LogP contribution in [0.1, 0.15) is 59.3 Å². The molecule has 0 aromatic heterocycles. The van der Waals surface area contributed by atoms with Gasteiger partial charge in [-0.2, -0.15) is 0 Å². The molecule has 7 nitrogen and oxygen atoms in total. The van der Waals surface area contributed by atoms with Gasteiger partial charge in [-0.15, -0.1) is 0 Å². The zero-order valence-corrected chi connectivity index (χ0v) is 13.6. The van der Waals surface area contributed by atoms with Crippen molar-refractivity contribution in [3.63, 3.8) is 0 Å². The Morgan fingerprint density at radius 1 is 0.650 bits per heavy atom. The summed E-state index contributed by atoms with van der Waals surface area (Å²) in [6.07, 6.45) is 3.07.